The summed E-state index contributed by atoms with van der Waals surface area (Å²) < 4.78 is 7.54. The van der Waals surface area contributed by atoms with Crippen LogP contribution in [-0.4, -0.2) is 25.7 Å². The van der Waals surface area contributed by atoms with Crippen LogP contribution < -0.4 is 5.32 Å². The second-order valence-electron chi connectivity index (χ2n) is 9.01. The molecule has 0 bridgehead atoms. The van der Waals surface area contributed by atoms with Gasteiger partial charge in [-0.3, -0.25) is 4.40 Å². The third kappa shape index (κ3) is 5.48. The third-order valence-electron chi connectivity index (χ3n) is 6.63. The number of aromatic hydroxyl groups is 1. The van der Waals surface area contributed by atoms with Crippen LogP contribution in [0.3, 0.4) is 0 Å². The molecule has 0 unspecified atom stereocenters. The third-order valence-corrected chi connectivity index (χ3v) is 6.93. The normalized spacial score (nSPS) is 14.1. The number of benzene rings is 1. The van der Waals surface area contributed by atoms with Gasteiger partial charge in [0.1, 0.15) is 23.0 Å². The molecule has 0 atom stereocenters. The van der Waals surface area contributed by atoms with E-state index in [0.29, 0.717) is 11.1 Å². The Morgan fingerprint density at radius 1 is 1.09 bits per heavy atom. The van der Waals surface area contributed by atoms with Crippen molar-refractivity contribution < 1.29 is 9.63 Å². The van der Waals surface area contributed by atoms with Crippen LogP contribution in [0.25, 0.3) is 16.8 Å². The summed E-state index contributed by atoms with van der Waals surface area (Å²) in [5.74, 6) is 2.00. The van der Waals surface area contributed by atoms with Gasteiger partial charge in [-0.05, 0) is 74.9 Å². The first-order valence-electron chi connectivity index (χ1n) is 12.7. The lowest BCUT2D eigenvalue weighted by Crippen LogP contribution is -2.23. The standard InChI is InChI=1S/C26H29ClN4O2.C2H6/c1-16-25(17(2)33-30-16)19-12-13-31-24(15-19)29-22(26(31)28-20-6-4-3-5-7-20)10-8-18-9-11-23(32)21(27)14-18;1-2/h9,11-15,20,28,32H,3-8,10H2,1-2H3;1-2H3. The van der Waals surface area contributed by atoms with Gasteiger partial charge in [-0.2, -0.15) is 0 Å². The summed E-state index contributed by atoms with van der Waals surface area (Å²) in [6.07, 6.45) is 9.90. The van der Waals surface area contributed by atoms with Gasteiger partial charge < -0.3 is 14.9 Å². The zero-order valence-electron chi connectivity index (χ0n) is 21.1. The lowest BCUT2D eigenvalue weighted by atomic mass is 9.95. The van der Waals surface area contributed by atoms with E-state index < -0.39 is 0 Å². The number of anilines is 1. The Hall–Kier alpha value is -2.99. The highest BCUT2D eigenvalue weighted by Gasteiger charge is 2.20. The molecule has 1 fully saturated rings. The molecular formula is C28H35ClN4O2. The molecule has 7 heteroatoms. The van der Waals surface area contributed by atoms with Gasteiger partial charge in [0.05, 0.1) is 16.4 Å². The first-order valence-corrected chi connectivity index (χ1v) is 13.1. The van der Waals surface area contributed by atoms with Crippen LogP contribution in [0.5, 0.6) is 5.75 Å². The molecule has 3 aromatic heterocycles. The van der Waals surface area contributed by atoms with Crippen LogP contribution in [0.4, 0.5) is 5.82 Å². The number of rotatable bonds is 6. The van der Waals surface area contributed by atoms with Gasteiger partial charge in [0.2, 0.25) is 0 Å². The lowest BCUT2D eigenvalue weighted by molar-refractivity contribution is 0.393. The smallest absolute Gasteiger partial charge is 0.141 e. The lowest BCUT2D eigenvalue weighted by Gasteiger charge is -2.24. The van der Waals surface area contributed by atoms with Crippen molar-refractivity contribution in [1.82, 2.24) is 14.5 Å². The molecule has 6 nitrogen and oxygen atoms in total. The number of imidazole rings is 1. The molecule has 1 saturated carbocycles. The number of hydrogen-bond donors (Lipinski definition) is 2. The van der Waals surface area contributed by atoms with E-state index in [0.717, 1.165) is 58.1 Å². The average Bonchev–Trinajstić information content (AvgIpc) is 3.39. The van der Waals surface area contributed by atoms with Crippen LogP contribution >= 0.6 is 11.6 Å². The van der Waals surface area contributed by atoms with Gasteiger partial charge in [-0.25, -0.2) is 4.98 Å². The molecule has 0 radical (unpaired) electrons. The summed E-state index contributed by atoms with van der Waals surface area (Å²) in [5, 5.41) is 18.0. The maximum atomic E-state index is 9.73. The first-order chi connectivity index (χ1) is 17.0. The van der Waals surface area contributed by atoms with Crippen molar-refractivity contribution in [2.45, 2.75) is 78.7 Å². The molecule has 0 saturated heterocycles. The molecule has 35 heavy (non-hydrogen) atoms. The number of nitrogens with one attached hydrogen (secondary N) is 1. The second-order valence-corrected chi connectivity index (χ2v) is 9.42. The summed E-state index contributed by atoms with van der Waals surface area (Å²) in [6.45, 7) is 7.90. The minimum absolute atomic E-state index is 0.111. The Morgan fingerprint density at radius 3 is 2.54 bits per heavy atom. The molecule has 1 aromatic carbocycles. The Balaban J connectivity index is 0.00000141. The fourth-order valence-corrected chi connectivity index (χ4v) is 5.08. The quantitative estimate of drug-likeness (QED) is 0.290. The number of phenolic OH excluding ortho intramolecular Hbond substituents is 1. The topological polar surface area (TPSA) is 75.6 Å². The van der Waals surface area contributed by atoms with Crippen LogP contribution in [-0.2, 0) is 12.8 Å². The van der Waals surface area contributed by atoms with E-state index in [1.165, 1.54) is 32.1 Å². The number of fused-ring (bicyclic) bond motifs is 1. The zero-order valence-corrected chi connectivity index (χ0v) is 21.8. The van der Waals surface area contributed by atoms with E-state index in [1.54, 1.807) is 6.07 Å². The molecule has 5 rings (SSSR count). The van der Waals surface area contributed by atoms with E-state index in [4.69, 9.17) is 21.1 Å². The van der Waals surface area contributed by atoms with Crippen molar-refractivity contribution in [3.8, 4) is 16.9 Å². The minimum Gasteiger partial charge on any atom is -0.506 e. The predicted molar refractivity (Wildman–Crippen MR) is 143 cm³/mol. The maximum absolute atomic E-state index is 9.73. The monoisotopic (exact) mass is 494 g/mol. The fourth-order valence-electron chi connectivity index (χ4n) is 4.88. The predicted octanol–water partition coefficient (Wildman–Crippen LogP) is 7.52. The van der Waals surface area contributed by atoms with Crippen molar-refractivity contribution >= 4 is 23.1 Å². The molecule has 2 N–H and O–H groups in total. The number of halogens is 1. The second kappa shape index (κ2) is 11.2. The molecule has 186 valence electrons. The van der Waals surface area contributed by atoms with Crippen molar-refractivity contribution in [3.63, 3.8) is 0 Å². The molecule has 1 aliphatic rings. The molecular weight excluding hydrogens is 460 g/mol. The molecule has 4 aromatic rings. The Morgan fingerprint density at radius 2 is 1.86 bits per heavy atom. The molecule has 1 aliphatic carbocycles. The Kier molecular flexibility index (Phi) is 8.01. The average molecular weight is 495 g/mol. The van der Waals surface area contributed by atoms with Gasteiger partial charge in [-0.1, -0.05) is 55.9 Å². The van der Waals surface area contributed by atoms with E-state index in [-0.39, 0.29) is 5.75 Å². The minimum atomic E-state index is 0.111. The van der Waals surface area contributed by atoms with Crippen molar-refractivity contribution in [2.24, 2.45) is 0 Å². The van der Waals surface area contributed by atoms with Gasteiger partial charge >= 0.3 is 0 Å². The number of aryl methyl sites for hydroxylation is 4. The summed E-state index contributed by atoms with van der Waals surface area (Å²) in [5.41, 5.74) is 6.00. The molecule has 0 spiro atoms. The largest absolute Gasteiger partial charge is 0.506 e. The number of phenols is 1. The van der Waals surface area contributed by atoms with Gasteiger partial charge in [0.25, 0.3) is 0 Å². The molecule has 3 heterocycles. The van der Waals surface area contributed by atoms with Crippen LogP contribution in [0.1, 0.15) is 68.7 Å². The number of nitrogens with zero attached hydrogens (tertiary/aromatic N) is 3. The molecule has 0 aliphatic heterocycles. The Labute approximate surface area is 212 Å². The Bertz CT molecular complexity index is 1270. The summed E-state index contributed by atoms with van der Waals surface area (Å²) in [7, 11) is 0. The highest BCUT2D eigenvalue weighted by atomic mass is 35.5. The van der Waals surface area contributed by atoms with E-state index in [9.17, 15) is 5.11 Å². The number of pyridine rings is 1. The number of aromatic nitrogens is 3. The highest BCUT2D eigenvalue weighted by molar-refractivity contribution is 6.32. The van der Waals surface area contributed by atoms with Crippen molar-refractivity contribution in [2.75, 3.05) is 5.32 Å². The molecule has 0 amide bonds. The summed E-state index contributed by atoms with van der Waals surface area (Å²) >= 11 is 6.12. The van der Waals surface area contributed by atoms with Crippen LogP contribution in [0, 0.1) is 13.8 Å². The van der Waals surface area contributed by atoms with E-state index in [1.807, 2.05) is 39.8 Å². The van der Waals surface area contributed by atoms with Crippen molar-refractivity contribution in [3.05, 3.63) is 64.3 Å². The van der Waals surface area contributed by atoms with Crippen LogP contribution in [0.2, 0.25) is 5.02 Å². The zero-order chi connectivity index (χ0) is 24.9. The van der Waals surface area contributed by atoms with Gasteiger partial charge in [-0.15, -0.1) is 0 Å². The van der Waals surface area contributed by atoms with Crippen molar-refractivity contribution in [1.29, 1.82) is 0 Å². The van der Waals surface area contributed by atoms with E-state index in [2.05, 4.69) is 33.2 Å². The first kappa shape index (κ1) is 25.1. The fraction of sp³-hybridized carbons (Fsp3) is 0.429. The van der Waals surface area contributed by atoms with Gasteiger partial charge in [0, 0.05) is 17.8 Å². The SMILES string of the molecule is CC.Cc1noc(C)c1-c1ccn2c(NC3CCCCC3)c(CCc3ccc(O)c(Cl)c3)nc2c1. The maximum Gasteiger partial charge on any atom is 0.141 e. The summed E-state index contributed by atoms with van der Waals surface area (Å²) in [6, 6.07) is 10.1. The van der Waals surface area contributed by atoms with E-state index >= 15 is 0 Å². The van der Waals surface area contributed by atoms with Crippen LogP contribution in [0.15, 0.2) is 41.1 Å². The number of hydrogen-bond acceptors (Lipinski definition) is 5. The van der Waals surface area contributed by atoms with Gasteiger partial charge in [0.15, 0.2) is 0 Å². The summed E-state index contributed by atoms with van der Waals surface area (Å²) in [4.78, 5) is 5.03. The highest BCUT2D eigenvalue weighted by Crippen LogP contribution is 2.31.